The van der Waals surface area contributed by atoms with Crippen LogP contribution in [0.15, 0.2) is 66.0 Å². The Morgan fingerprint density at radius 3 is 2.24 bits per heavy atom. The fraction of sp³-hybridized carbons (Fsp3) is 0.136. The molecule has 12 heteroatoms. The molecule has 0 atom stereocenters. The highest BCUT2D eigenvalue weighted by Crippen LogP contribution is 2.41. The van der Waals surface area contributed by atoms with E-state index in [1.54, 1.807) is 0 Å². The second-order valence-electron chi connectivity index (χ2n) is 6.52. The molecule has 1 aromatic heterocycles. The van der Waals surface area contributed by atoms with Gasteiger partial charge in [0.15, 0.2) is 5.75 Å². The standard InChI is InChI=1S/C22H15Cl2F3N2O5/c1-32-20(30)13-6-3-4-9-29(18(13)21(31)33-2)12-10-14(23)19(15(24)11-12)34-17-8-5-7-16(28-17)22(25,26)27/h3-11H,1-2H3. The van der Waals surface area contributed by atoms with Gasteiger partial charge in [-0.15, -0.1) is 0 Å². The predicted molar refractivity (Wildman–Crippen MR) is 118 cm³/mol. The molecule has 0 unspecified atom stereocenters. The first kappa shape index (κ1) is 25.1. The van der Waals surface area contributed by atoms with Crippen molar-refractivity contribution in [3.8, 4) is 11.6 Å². The van der Waals surface area contributed by atoms with Crippen LogP contribution < -0.4 is 9.64 Å². The minimum atomic E-state index is -4.67. The van der Waals surface area contributed by atoms with E-state index in [4.69, 9.17) is 37.4 Å². The second-order valence-corrected chi connectivity index (χ2v) is 7.33. The first-order valence-corrected chi connectivity index (χ1v) is 10.1. The van der Waals surface area contributed by atoms with Crippen LogP contribution in [0.1, 0.15) is 5.69 Å². The van der Waals surface area contributed by atoms with E-state index in [0.29, 0.717) is 0 Å². The fourth-order valence-electron chi connectivity index (χ4n) is 2.88. The Kier molecular flexibility index (Phi) is 7.53. The van der Waals surface area contributed by atoms with Crippen molar-refractivity contribution in [3.05, 3.63) is 81.8 Å². The van der Waals surface area contributed by atoms with Gasteiger partial charge in [-0.05, 0) is 30.4 Å². The third-order valence-corrected chi connectivity index (χ3v) is 4.93. The van der Waals surface area contributed by atoms with Crippen LogP contribution in [0.4, 0.5) is 18.9 Å². The van der Waals surface area contributed by atoms with Gasteiger partial charge in [0.2, 0.25) is 5.88 Å². The lowest BCUT2D eigenvalue weighted by molar-refractivity contribution is -0.141. The molecular weight excluding hydrogens is 500 g/mol. The topological polar surface area (TPSA) is 78.0 Å². The Hall–Kier alpha value is -3.50. The number of pyridine rings is 1. The molecule has 0 bridgehead atoms. The largest absolute Gasteiger partial charge is 0.465 e. The van der Waals surface area contributed by atoms with E-state index in [2.05, 4.69) is 4.98 Å². The molecule has 1 aliphatic rings. The van der Waals surface area contributed by atoms with Crippen LogP contribution in [0.25, 0.3) is 0 Å². The molecule has 3 rings (SSSR count). The molecule has 1 aliphatic heterocycles. The van der Waals surface area contributed by atoms with E-state index >= 15 is 0 Å². The molecule has 0 saturated carbocycles. The monoisotopic (exact) mass is 514 g/mol. The van der Waals surface area contributed by atoms with Gasteiger partial charge >= 0.3 is 18.1 Å². The van der Waals surface area contributed by atoms with E-state index in [1.165, 1.54) is 47.5 Å². The smallest absolute Gasteiger partial charge is 0.433 e. The first-order valence-electron chi connectivity index (χ1n) is 9.33. The Morgan fingerprint density at radius 1 is 1.00 bits per heavy atom. The van der Waals surface area contributed by atoms with Crippen molar-refractivity contribution in [2.45, 2.75) is 6.18 Å². The number of carbonyl (C=O) groups is 2. The number of ether oxygens (including phenoxy) is 3. The summed E-state index contributed by atoms with van der Waals surface area (Å²) in [5.41, 5.74) is -1.21. The van der Waals surface area contributed by atoms with Crippen LogP contribution in [0.5, 0.6) is 11.6 Å². The normalized spacial score (nSPS) is 13.6. The molecule has 0 radical (unpaired) electrons. The molecular formula is C22H15Cl2F3N2O5. The fourth-order valence-corrected chi connectivity index (χ4v) is 3.44. The molecule has 1 aromatic carbocycles. The maximum atomic E-state index is 12.9. The van der Waals surface area contributed by atoms with Crippen molar-refractivity contribution in [2.75, 3.05) is 19.1 Å². The van der Waals surface area contributed by atoms with Gasteiger partial charge in [0.05, 0.1) is 29.8 Å². The molecule has 2 aromatic rings. The number of halogens is 5. The van der Waals surface area contributed by atoms with Crippen LogP contribution in [0.2, 0.25) is 10.0 Å². The number of aromatic nitrogens is 1. The number of anilines is 1. The summed E-state index contributed by atoms with van der Waals surface area (Å²) in [6, 6.07) is 5.80. The number of nitrogens with zero attached hydrogens (tertiary/aromatic N) is 2. The zero-order valence-electron chi connectivity index (χ0n) is 17.5. The van der Waals surface area contributed by atoms with Crippen molar-refractivity contribution in [1.82, 2.24) is 4.98 Å². The summed E-state index contributed by atoms with van der Waals surface area (Å²) in [7, 11) is 2.29. The summed E-state index contributed by atoms with van der Waals surface area (Å²) in [6.07, 6.45) is 1.20. The van der Waals surface area contributed by atoms with Gasteiger partial charge in [-0.3, -0.25) is 0 Å². The molecule has 178 valence electrons. The van der Waals surface area contributed by atoms with Crippen molar-refractivity contribution >= 4 is 40.8 Å². The average molecular weight is 515 g/mol. The Bertz CT molecular complexity index is 1200. The lowest BCUT2D eigenvalue weighted by Crippen LogP contribution is -2.27. The van der Waals surface area contributed by atoms with Gasteiger partial charge in [-0.1, -0.05) is 35.3 Å². The van der Waals surface area contributed by atoms with Crippen LogP contribution in [-0.4, -0.2) is 31.1 Å². The number of hydrogen-bond donors (Lipinski definition) is 0. The molecule has 0 aliphatic carbocycles. The van der Waals surface area contributed by atoms with Crippen LogP contribution >= 0.6 is 23.2 Å². The third kappa shape index (κ3) is 5.35. The van der Waals surface area contributed by atoms with Gasteiger partial charge in [0.1, 0.15) is 11.4 Å². The first-order chi connectivity index (χ1) is 16.1. The highest BCUT2D eigenvalue weighted by atomic mass is 35.5. The number of allylic oxidation sites excluding steroid dienone is 2. The number of carbonyl (C=O) groups excluding carboxylic acids is 2. The number of hydrogen-bond acceptors (Lipinski definition) is 7. The minimum absolute atomic E-state index is 0.0971. The number of rotatable bonds is 5. The van der Waals surface area contributed by atoms with E-state index in [0.717, 1.165) is 26.4 Å². The van der Waals surface area contributed by atoms with Crippen LogP contribution in [0, 0.1) is 0 Å². The van der Waals surface area contributed by atoms with Crippen LogP contribution in [-0.2, 0) is 25.2 Å². The zero-order valence-corrected chi connectivity index (χ0v) is 19.0. The minimum Gasteiger partial charge on any atom is -0.465 e. The lowest BCUT2D eigenvalue weighted by Gasteiger charge is -2.24. The maximum Gasteiger partial charge on any atom is 0.433 e. The molecule has 0 saturated heterocycles. The van der Waals surface area contributed by atoms with Crippen molar-refractivity contribution in [1.29, 1.82) is 0 Å². The third-order valence-electron chi connectivity index (χ3n) is 4.37. The van der Waals surface area contributed by atoms with E-state index in [-0.39, 0.29) is 38.6 Å². The molecule has 0 fully saturated rings. The number of benzene rings is 1. The van der Waals surface area contributed by atoms with Crippen molar-refractivity contribution < 1.29 is 37.0 Å². The van der Waals surface area contributed by atoms with Gasteiger partial charge in [0, 0.05) is 18.0 Å². The summed E-state index contributed by atoms with van der Waals surface area (Å²) in [5, 5.41) is -0.202. The van der Waals surface area contributed by atoms with Crippen LogP contribution in [0.3, 0.4) is 0 Å². The highest BCUT2D eigenvalue weighted by Gasteiger charge is 2.33. The SMILES string of the molecule is COC(=O)C1=C(C(=O)OC)N(c2cc(Cl)c(Oc3cccc(C(F)(F)F)n3)c(Cl)c2)C=CC=C1. The average Bonchev–Trinajstić information content (AvgIpc) is 3.03. The van der Waals surface area contributed by atoms with Crippen molar-refractivity contribution in [3.63, 3.8) is 0 Å². The van der Waals surface area contributed by atoms with E-state index < -0.39 is 23.8 Å². The van der Waals surface area contributed by atoms with Gasteiger partial charge < -0.3 is 19.1 Å². The zero-order chi connectivity index (χ0) is 25.0. The predicted octanol–water partition coefficient (Wildman–Crippen LogP) is 5.69. The Morgan fingerprint density at radius 2 is 1.65 bits per heavy atom. The summed E-state index contributed by atoms with van der Waals surface area (Å²) in [6.45, 7) is 0. The van der Waals surface area contributed by atoms with E-state index in [9.17, 15) is 22.8 Å². The summed E-state index contributed by atoms with van der Waals surface area (Å²) < 4.78 is 53.8. The highest BCUT2D eigenvalue weighted by molar-refractivity contribution is 6.37. The molecule has 34 heavy (non-hydrogen) atoms. The van der Waals surface area contributed by atoms with E-state index in [1.807, 2.05) is 0 Å². The number of alkyl halides is 3. The maximum absolute atomic E-state index is 12.9. The molecule has 2 heterocycles. The summed E-state index contributed by atoms with van der Waals surface area (Å²) >= 11 is 12.6. The molecule has 0 spiro atoms. The Labute approximate surface area is 201 Å². The summed E-state index contributed by atoms with van der Waals surface area (Å²) in [4.78, 5) is 29.5. The number of methoxy groups -OCH3 is 2. The van der Waals surface area contributed by atoms with Gasteiger partial charge in [0.25, 0.3) is 0 Å². The van der Waals surface area contributed by atoms with Gasteiger partial charge in [-0.2, -0.15) is 13.2 Å². The molecule has 0 amide bonds. The second kappa shape index (κ2) is 10.2. The molecule has 0 N–H and O–H groups in total. The lowest BCUT2D eigenvalue weighted by atomic mass is 10.1. The summed E-state index contributed by atoms with van der Waals surface area (Å²) in [5.74, 6) is -2.18. The van der Waals surface area contributed by atoms with Gasteiger partial charge in [-0.25, -0.2) is 14.6 Å². The molecule has 7 nitrogen and oxygen atoms in total. The Balaban J connectivity index is 2.05. The number of esters is 2. The van der Waals surface area contributed by atoms with Crippen molar-refractivity contribution in [2.24, 2.45) is 0 Å². The quantitative estimate of drug-likeness (QED) is 0.474.